The number of primary amides is 1. The summed E-state index contributed by atoms with van der Waals surface area (Å²) in [6, 6.07) is 12.0. The molecule has 0 unspecified atom stereocenters. The number of carbonyl (C=O) groups excluding carboxylic acids is 1. The molecule has 2 aromatic rings. The van der Waals surface area contributed by atoms with Crippen LogP contribution in [0.1, 0.15) is 18.1 Å². The number of carbonyl (C=O) groups is 1. The van der Waals surface area contributed by atoms with Crippen LogP contribution in [0.3, 0.4) is 0 Å². The van der Waals surface area contributed by atoms with Crippen molar-refractivity contribution in [1.82, 2.24) is 5.32 Å². The first-order chi connectivity index (χ1) is 10.8. The first-order valence-electron chi connectivity index (χ1n) is 7.07. The SMILES string of the molecule is C[C@H](NCc1ccc(-c2ccccc2)c(C(F)(F)F)c1)C(N)=O. The third kappa shape index (κ3) is 4.32. The average Bonchev–Trinajstić information content (AvgIpc) is 2.52. The zero-order chi connectivity index (χ0) is 17.0. The maximum Gasteiger partial charge on any atom is 0.417 e. The summed E-state index contributed by atoms with van der Waals surface area (Å²) in [5.74, 6) is -0.554. The fraction of sp³-hybridized carbons (Fsp3) is 0.235. The molecule has 0 fully saturated rings. The Morgan fingerprint density at radius 1 is 1.17 bits per heavy atom. The minimum atomic E-state index is -4.46. The van der Waals surface area contributed by atoms with E-state index in [0.29, 0.717) is 11.1 Å². The van der Waals surface area contributed by atoms with Crippen molar-refractivity contribution in [2.75, 3.05) is 0 Å². The van der Waals surface area contributed by atoms with E-state index < -0.39 is 23.7 Å². The van der Waals surface area contributed by atoms with Crippen LogP contribution in [0, 0.1) is 0 Å². The van der Waals surface area contributed by atoms with Crippen LogP contribution in [-0.4, -0.2) is 11.9 Å². The first-order valence-corrected chi connectivity index (χ1v) is 7.07. The highest BCUT2D eigenvalue weighted by atomic mass is 19.4. The fourth-order valence-corrected chi connectivity index (χ4v) is 2.18. The molecule has 122 valence electrons. The van der Waals surface area contributed by atoms with Crippen LogP contribution in [0.4, 0.5) is 13.2 Å². The van der Waals surface area contributed by atoms with Crippen LogP contribution in [0.25, 0.3) is 11.1 Å². The normalized spacial score (nSPS) is 12.9. The molecule has 0 aliphatic rings. The van der Waals surface area contributed by atoms with Gasteiger partial charge in [0.1, 0.15) is 0 Å². The lowest BCUT2D eigenvalue weighted by atomic mass is 9.97. The predicted octanol–water partition coefficient (Wildman–Crippen LogP) is 3.34. The van der Waals surface area contributed by atoms with E-state index in [4.69, 9.17) is 5.73 Å². The smallest absolute Gasteiger partial charge is 0.368 e. The summed E-state index contributed by atoms with van der Waals surface area (Å²) in [6.45, 7) is 1.69. The minimum Gasteiger partial charge on any atom is -0.368 e. The van der Waals surface area contributed by atoms with Crippen LogP contribution in [0.2, 0.25) is 0 Å². The first kappa shape index (κ1) is 17.0. The molecule has 0 heterocycles. The summed E-state index contributed by atoms with van der Waals surface area (Å²) >= 11 is 0. The zero-order valence-corrected chi connectivity index (χ0v) is 12.5. The Labute approximate surface area is 132 Å². The van der Waals surface area contributed by atoms with Crippen LogP contribution < -0.4 is 11.1 Å². The van der Waals surface area contributed by atoms with E-state index >= 15 is 0 Å². The summed E-state index contributed by atoms with van der Waals surface area (Å²) in [6.07, 6.45) is -4.46. The minimum absolute atomic E-state index is 0.127. The van der Waals surface area contributed by atoms with Gasteiger partial charge >= 0.3 is 6.18 Å². The van der Waals surface area contributed by atoms with Crippen molar-refractivity contribution >= 4 is 5.91 Å². The van der Waals surface area contributed by atoms with E-state index in [2.05, 4.69) is 5.32 Å². The highest BCUT2D eigenvalue weighted by Crippen LogP contribution is 2.37. The van der Waals surface area contributed by atoms with Crippen molar-refractivity contribution in [1.29, 1.82) is 0 Å². The Morgan fingerprint density at radius 2 is 1.83 bits per heavy atom. The molecular weight excluding hydrogens is 305 g/mol. The van der Waals surface area contributed by atoms with Crippen LogP contribution in [-0.2, 0) is 17.5 Å². The number of hydrogen-bond donors (Lipinski definition) is 2. The molecule has 0 saturated carbocycles. The second kappa shape index (κ2) is 6.83. The van der Waals surface area contributed by atoms with Gasteiger partial charge in [0.15, 0.2) is 0 Å². The third-order valence-corrected chi connectivity index (χ3v) is 3.51. The number of alkyl halides is 3. The van der Waals surface area contributed by atoms with E-state index in [9.17, 15) is 18.0 Å². The lowest BCUT2D eigenvalue weighted by Gasteiger charge is -2.16. The number of halogens is 3. The molecule has 1 amide bonds. The molecule has 0 aliphatic carbocycles. The second-order valence-corrected chi connectivity index (χ2v) is 5.25. The highest BCUT2D eigenvalue weighted by Gasteiger charge is 2.33. The monoisotopic (exact) mass is 322 g/mol. The summed E-state index contributed by atoms with van der Waals surface area (Å²) < 4.78 is 40.0. The second-order valence-electron chi connectivity index (χ2n) is 5.25. The average molecular weight is 322 g/mol. The van der Waals surface area contributed by atoms with Gasteiger partial charge in [-0.05, 0) is 29.7 Å². The van der Waals surface area contributed by atoms with Gasteiger partial charge < -0.3 is 11.1 Å². The maximum atomic E-state index is 13.3. The molecule has 0 saturated heterocycles. The van der Waals surface area contributed by atoms with E-state index in [1.807, 2.05) is 0 Å². The number of nitrogens with two attached hydrogens (primary N) is 1. The van der Waals surface area contributed by atoms with Crippen LogP contribution in [0.15, 0.2) is 48.5 Å². The quantitative estimate of drug-likeness (QED) is 0.887. The molecule has 0 radical (unpaired) electrons. The van der Waals surface area contributed by atoms with Crippen molar-refractivity contribution in [3.63, 3.8) is 0 Å². The van der Waals surface area contributed by atoms with Crippen LogP contribution in [0.5, 0.6) is 0 Å². The molecule has 0 spiro atoms. The molecule has 23 heavy (non-hydrogen) atoms. The standard InChI is InChI=1S/C17H17F3N2O/c1-11(16(21)23)22-10-12-7-8-14(13-5-3-2-4-6-13)15(9-12)17(18,19)20/h2-9,11,22H,10H2,1H3,(H2,21,23)/t11-/m0/s1. The molecule has 0 bridgehead atoms. The van der Waals surface area contributed by atoms with Gasteiger partial charge in [0.25, 0.3) is 0 Å². The Hall–Kier alpha value is -2.34. The number of nitrogens with one attached hydrogen (secondary N) is 1. The number of amides is 1. The van der Waals surface area contributed by atoms with Gasteiger partial charge in [-0.1, -0.05) is 42.5 Å². The zero-order valence-electron chi connectivity index (χ0n) is 12.5. The Bertz CT molecular complexity index is 684. The molecular formula is C17H17F3N2O. The predicted molar refractivity (Wildman–Crippen MR) is 82.4 cm³/mol. The Balaban J connectivity index is 2.34. The van der Waals surface area contributed by atoms with Crippen molar-refractivity contribution in [2.24, 2.45) is 5.73 Å². The van der Waals surface area contributed by atoms with Gasteiger partial charge in [-0.3, -0.25) is 4.79 Å². The molecule has 2 rings (SSSR count). The third-order valence-electron chi connectivity index (χ3n) is 3.51. The van der Waals surface area contributed by atoms with Crippen molar-refractivity contribution in [2.45, 2.75) is 25.7 Å². The molecule has 3 N–H and O–H groups in total. The van der Waals surface area contributed by atoms with E-state index in [0.717, 1.165) is 6.07 Å². The van der Waals surface area contributed by atoms with Gasteiger partial charge in [0.05, 0.1) is 11.6 Å². The van der Waals surface area contributed by atoms with Gasteiger partial charge in [-0.25, -0.2) is 0 Å². The fourth-order valence-electron chi connectivity index (χ4n) is 2.18. The largest absolute Gasteiger partial charge is 0.417 e. The summed E-state index contributed by atoms with van der Waals surface area (Å²) in [7, 11) is 0. The molecule has 2 aromatic carbocycles. The molecule has 6 heteroatoms. The molecule has 1 atom stereocenters. The Morgan fingerprint density at radius 3 is 2.39 bits per heavy atom. The summed E-state index contributed by atoms with van der Waals surface area (Å²) in [4.78, 5) is 11.0. The number of rotatable bonds is 5. The molecule has 3 nitrogen and oxygen atoms in total. The lowest BCUT2D eigenvalue weighted by molar-refractivity contribution is -0.137. The lowest BCUT2D eigenvalue weighted by Crippen LogP contribution is -2.38. The van der Waals surface area contributed by atoms with E-state index in [-0.39, 0.29) is 12.1 Å². The van der Waals surface area contributed by atoms with Crippen molar-refractivity contribution < 1.29 is 18.0 Å². The van der Waals surface area contributed by atoms with Crippen LogP contribution >= 0.6 is 0 Å². The highest BCUT2D eigenvalue weighted by molar-refractivity contribution is 5.79. The number of hydrogen-bond acceptors (Lipinski definition) is 2. The summed E-state index contributed by atoms with van der Waals surface area (Å²) in [5.41, 5.74) is 5.49. The van der Waals surface area contributed by atoms with Gasteiger partial charge in [-0.15, -0.1) is 0 Å². The van der Waals surface area contributed by atoms with E-state index in [1.54, 1.807) is 43.3 Å². The Kier molecular flexibility index (Phi) is 5.05. The summed E-state index contributed by atoms with van der Waals surface area (Å²) in [5, 5.41) is 2.79. The van der Waals surface area contributed by atoms with Gasteiger partial charge in [-0.2, -0.15) is 13.2 Å². The van der Waals surface area contributed by atoms with E-state index in [1.165, 1.54) is 6.07 Å². The topological polar surface area (TPSA) is 55.1 Å². The van der Waals surface area contributed by atoms with Gasteiger partial charge in [0, 0.05) is 6.54 Å². The number of benzene rings is 2. The van der Waals surface area contributed by atoms with Gasteiger partial charge in [0.2, 0.25) is 5.91 Å². The van der Waals surface area contributed by atoms with Crippen molar-refractivity contribution in [3.05, 3.63) is 59.7 Å². The molecule has 0 aliphatic heterocycles. The maximum absolute atomic E-state index is 13.3. The van der Waals surface area contributed by atoms with Crippen molar-refractivity contribution in [3.8, 4) is 11.1 Å². The molecule has 0 aromatic heterocycles.